The van der Waals surface area contributed by atoms with Crippen LogP contribution in [0.5, 0.6) is 0 Å². The summed E-state index contributed by atoms with van der Waals surface area (Å²) in [5, 5.41) is 4.82. The molecule has 84 valence electrons. The minimum Gasteiger partial charge on any atom is -0.315 e. The Labute approximate surface area is 88.2 Å². The van der Waals surface area contributed by atoms with Crippen LogP contribution in [0.25, 0.3) is 0 Å². The number of nitrogens with two attached hydrogens (primary N) is 1. The van der Waals surface area contributed by atoms with E-state index < -0.39 is 0 Å². The molecule has 0 aromatic rings. The second kappa shape index (κ2) is 6.38. The summed E-state index contributed by atoms with van der Waals surface area (Å²) in [6.45, 7) is 7.96. The number of nitrogens with zero attached hydrogens (tertiary/aromatic N) is 2. The number of rotatable bonds is 6. The predicted molar refractivity (Wildman–Crippen MR) is 60.7 cm³/mol. The molecule has 2 N–H and O–H groups in total. The standard InChI is InChI=1S/C11H25N3/c1-3-5-8-13-10-7-11(12)14(13)9-6-4-2/h11H,3-10,12H2,1-2H3. The van der Waals surface area contributed by atoms with Gasteiger partial charge in [0.25, 0.3) is 0 Å². The van der Waals surface area contributed by atoms with Crippen LogP contribution in [0, 0.1) is 0 Å². The van der Waals surface area contributed by atoms with Crippen molar-refractivity contribution in [3.05, 3.63) is 0 Å². The Kier molecular flexibility index (Phi) is 5.45. The van der Waals surface area contributed by atoms with E-state index in [2.05, 4.69) is 23.9 Å². The van der Waals surface area contributed by atoms with Gasteiger partial charge in [0.2, 0.25) is 0 Å². The topological polar surface area (TPSA) is 32.5 Å². The normalized spacial score (nSPS) is 24.6. The second-order valence-corrected chi connectivity index (χ2v) is 4.18. The zero-order valence-corrected chi connectivity index (χ0v) is 9.71. The summed E-state index contributed by atoms with van der Waals surface area (Å²) in [5.74, 6) is 0. The van der Waals surface area contributed by atoms with Crippen molar-refractivity contribution in [2.24, 2.45) is 5.73 Å². The fourth-order valence-corrected chi connectivity index (χ4v) is 1.98. The van der Waals surface area contributed by atoms with E-state index in [-0.39, 0.29) is 6.17 Å². The van der Waals surface area contributed by atoms with Crippen LogP contribution in [-0.2, 0) is 0 Å². The predicted octanol–water partition coefficient (Wildman–Crippen LogP) is 1.79. The van der Waals surface area contributed by atoms with Gasteiger partial charge in [0.05, 0.1) is 6.17 Å². The zero-order chi connectivity index (χ0) is 10.4. The van der Waals surface area contributed by atoms with Gasteiger partial charge in [-0.2, -0.15) is 0 Å². The zero-order valence-electron chi connectivity index (χ0n) is 9.71. The summed E-state index contributed by atoms with van der Waals surface area (Å²) < 4.78 is 0. The van der Waals surface area contributed by atoms with Gasteiger partial charge in [-0.1, -0.05) is 26.7 Å². The Bertz CT molecular complexity index is 149. The molecule has 0 amide bonds. The number of hydrogen-bond donors (Lipinski definition) is 1. The molecule has 0 bridgehead atoms. The van der Waals surface area contributed by atoms with Crippen LogP contribution in [-0.4, -0.2) is 35.8 Å². The van der Waals surface area contributed by atoms with Gasteiger partial charge in [-0.05, 0) is 19.3 Å². The second-order valence-electron chi connectivity index (χ2n) is 4.18. The first kappa shape index (κ1) is 12.0. The molecular formula is C11H25N3. The van der Waals surface area contributed by atoms with Crippen molar-refractivity contribution in [2.45, 2.75) is 52.1 Å². The fourth-order valence-electron chi connectivity index (χ4n) is 1.98. The van der Waals surface area contributed by atoms with Crippen molar-refractivity contribution in [3.63, 3.8) is 0 Å². The van der Waals surface area contributed by atoms with E-state index in [1.807, 2.05) is 0 Å². The molecule has 1 aliphatic rings. The highest BCUT2D eigenvalue weighted by atomic mass is 15.7. The molecule has 1 unspecified atom stereocenters. The lowest BCUT2D eigenvalue weighted by atomic mass is 10.3. The maximum absolute atomic E-state index is 6.07. The lowest BCUT2D eigenvalue weighted by Crippen LogP contribution is -2.45. The fraction of sp³-hybridized carbons (Fsp3) is 1.00. The van der Waals surface area contributed by atoms with Crippen molar-refractivity contribution < 1.29 is 0 Å². The molecule has 0 aromatic carbocycles. The maximum Gasteiger partial charge on any atom is 0.0723 e. The molecule has 1 fully saturated rings. The summed E-state index contributed by atoms with van der Waals surface area (Å²) in [5.41, 5.74) is 6.07. The molecule has 0 spiro atoms. The van der Waals surface area contributed by atoms with Crippen molar-refractivity contribution >= 4 is 0 Å². The summed E-state index contributed by atoms with van der Waals surface area (Å²) >= 11 is 0. The van der Waals surface area contributed by atoms with E-state index in [1.54, 1.807) is 0 Å². The molecule has 3 heteroatoms. The van der Waals surface area contributed by atoms with Gasteiger partial charge >= 0.3 is 0 Å². The molecule has 1 saturated heterocycles. The lowest BCUT2D eigenvalue weighted by molar-refractivity contribution is -0.00358. The van der Waals surface area contributed by atoms with Crippen LogP contribution in [0.3, 0.4) is 0 Å². The monoisotopic (exact) mass is 199 g/mol. The largest absolute Gasteiger partial charge is 0.315 e. The minimum absolute atomic E-state index is 0.276. The molecule has 1 aliphatic heterocycles. The molecule has 1 heterocycles. The summed E-state index contributed by atoms with van der Waals surface area (Å²) in [7, 11) is 0. The maximum atomic E-state index is 6.07. The Hall–Kier alpha value is -0.120. The summed E-state index contributed by atoms with van der Waals surface area (Å²) in [6, 6.07) is 0. The molecule has 0 aromatic heterocycles. The van der Waals surface area contributed by atoms with Gasteiger partial charge in [0, 0.05) is 19.6 Å². The summed E-state index contributed by atoms with van der Waals surface area (Å²) in [4.78, 5) is 0. The van der Waals surface area contributed by atoms with E-state index in [4.69, 9.17) is 5.73 Å². The molecule has 0 aliphatic carbocycles. The molecule has 1 rings (SSSR count). The molecular weight excluding hydrogens is 174 g/mol. The number of hydrogen-bond acceptors (Lipinski definition) is 3. The van der Waals surface area contributed by atoms with E-state index >= 15 is 0 Å². The van der Waals surface area contributed by atoms with Crippen LogP contribution in [0.15, 0.2) is 0 Å². The molecule has 14 heavy (non-hydrogen) atoms. The van der Waals surface area contributed by atoms with Gasteiger partial charge in [-0.15, -0.1) is 0 Å². The Balaban J connectivity index is 2.32. The third kappa shape index (κ3) is 3.23. The first-order valence-corrected chi connectivity index (χ1v) is 6.06. The van der Waals surface area contributed by atoms with Crippen LogP contribution >= 0.6 is 0 Å². The van der Waals surface area contributed by atoms with E-state index in [9.17, 15) is 0 Å². The quantitative estimate of drug-likeness (QED) is 0.708. The molecule has 1 atom stereocenters. The van der Waals surface area contributed by atoms with Crippen molar-refractivity contribution in [3.8, 4) is 0 Å². The lowest BCUT2D eigenvalue weighted by Gasteiger charge is -2.30. The SMILES string of the molecule is CCCCN1CCC(N)N1CCCC. The molecule has 3 nitrogen and oxygen atoms in total. The van der Waals surface area contributed by atoms with Gasteiger partial charge in [-0.3, -0.25) is 0 Å². The van der Waals surface area contributed by atoms with Gasteiger partial charge in [0.1, 0.15) is 0 Å². The minimum atomic E-state index is 0.276. The van der Waals surface area contributed by atoms with Crippen LogP contribution in [0.1, 0.15) is 46.0 Å². The van der Waals surface area contributed by atoms with Crippen LogP contribution in [0.2, 0.25) is 0 Å². The van der Waals surface area contributed by atoms with E-state index in [0.717, 1.165) is 19.5 Å². The van der Waals surface area contributed by atoms with E-state index in [1.165, 1.54) is 32.2 Å². The Morgan fingerprint density at radius 1 is 1.14 bits per heavy atom. The molecule has 0 saturated carbocycles. The van der Waals surface area contributed by atoms with Crippen LogP contribution < -0.4 is 5.73 Å². The molecule has 0 radical (unpaired) electrons. The third-order valence-corrected chi connectivity index (χ3v) is 2.94. The highest BCUT2D eigenvalue weighted by Crippen LogP contribution is 2.16. The Morgan fingerprint density at radius 3 is 2.43 bits per heavy atom. The smallest absolute Gasteiger partial charge is 0.0723 e. The first-order chi connectivity index (χ1) is 6.79. The van der Waals surface area contributed by atoms with Gasteiger partial charge in [-0.25, -0.2) is 10.0 Å². The van der Waals surface area contributed by atoms with Gasteiger partial charge < -0.3 is 5.73 Å². The van der Waals surface area contributed by atoms with Crippen molar-refractivity contribution in [2.75, 3.05) is 19.6 Å². The highest BCUT2D eigenvalue weighted by Gasteiger charge is 2.27. The van der Waals surface area contributed by atoms with E-state index in [0.29, 0.717) is 0 Å². The number of hydrazine groups is 1. The summed E-state index contributed by atoms with van der Waals surface area (Å²) in [6.07, 6.45) is 6.48. The van der Waals surface area contributed by atoms with Crippen LogP contribution in [0.4, 0.5) is 0 Å². The third-order valence-electron chi connectivity index (χ3n) is 2.94. The first-order valence-electron chi connectivity index (χ1n) is 6.06. The average Bonchev–Trinajstić information content (AvgIpc) is 2.53. The van der Waals surface area contributed by atoms with Crippen molar-refractivity contribution in [1.29, 1.82) is 0 Å². The number of unbranched alkanes of at least 4 members (excludes halogenated alkanes) is 2. The highest BCUT2D eigenvalue weighted by molar-refractivity contribution is 4.74. The average molecular weight is 199 g/mol. The van der Waals surface area contributed by atoms with Gasteiger partial charge in [0.15, 0.2) is 0 Å². The van der Waals surface area contributed by atoms with Crippen molar-refractivity contribution in [1.82, 2.24) is 10.0 Å². The Morgan fingerprint density at radius 2 is 1.79 bits per heavy atom.